The molecular formula is C12H14BrN3O2. The summed E-state index contributed by atoms with van der Waals surface area (Å²) < 4.78 is 11.3. The first-order chi connectivity index (χ1) is 8.79. The molecule has 2 aromatic rings. The molecule has 96 valence electrons. The average Bonchev–Trinajstić information content (AvgIpc) is 2.89. The molecule has 0 bridgehead atoms. The second-order valence-electron chi connectivity index (χ2n) is 3.67. The van der Waals surface area contributed by atoms with Crippen molar-refractivity contribution in [2.45, 2.75) is 20.1 Å². The zero-order valence-corrected chi connectivity index (χ0v) is 11.6. The van der Waals surface area contributed by atoms with Gasteiger partial charge in [-0.1, -0.05) is 28.0 Å². The lowest BCUT2D eigenvalue weighted by Crippen LogP contribution is -2.12. The maximum atomic E-state index is 5.59. The molecule has 0 radical (unpaired) electrons. The number of nitrogens with one attached hydrogen (secondary N) is 1. The summed E-state index contributed by atoms with van der Waals surface area (Å²) in [6.45, 7) is 4.11. The molecule has 1 aromatic heterocycles. The van der Waals surface area contributed by atoms with Gasteiger partial charge in [-0.15, -0.1) is 0 Å². The van der Waals surface area contributed by atoms with E-state index >= 15 is 0 Å². The standard InChI is InChI=1S/C12H14BrN3O2/c1-2-14-6-9-5-10(3-4-11(9)13)17-7-12-15-8-18-16-12/h3-5,8,14H,2,6-7H2,1H3. The van der Waals surface area contributed by atoms with Gasteiger partial charge in [0.25, 0.3) is 0 Å². The highest BCUT2D eigenvalue weighted by Crippen LogP contribution is 2.23. The lowest BCUT2D eigenvalue weighted by Gasteiger charge is -2.09. The summed E-state index contributed by atoms with van der Waals surface area (Å²) in [7, 11) is 0. The number of hydrogen-bond acceptors (Lipinski definition) is 5. The van der Waals surface area contributed by atoms with Crippen LogP contribution in [0, 0.1) is 0 Å². The summed E-state index contributed by atoms with van der Waals surface area (Å²) in [6, 6.07) is 5.87. The van der Waals surface area contributed by atoms with Crippen LogP contribution in [0.3, 0.4) is 0 Å². The minimum atomic E-state index is 0.304. The van der Waals surface area contributed by atoms with Crippen molar-refractivity contribution in [3.05, 3.63) is 40.5 Å². The molecule has 6 heteroatoms. The summed E-state index contributed by atoms with van der Waals surface area (Å²) in [5, 5.41) is 6.97. The third-order valence-electron chi connectivity index (χ3n) is 2.36. The quantitative estimate of drug-likeness (QED) is 0.888. The Morgan fingerprint density at radius 1 is 1.44 bits per heavy atom. The van der Waals surface area contributed by atoms with Gasteiger partial charge in [-0.2, -0.15) is 4.98 Å². The molecule has 0 spiro atoms. The summed E-state index contributed by atoms with van der Waals surface area (Å²) in [5.74, 6) is 1.32. The van der Waals surface area contributed by atoms with E-state index < -0.39 is 0 Å². The van der Waals surface area contributed by atoms with Crippen LogP contribution in [0.5, 0.6) is 5.75 Å². The van der Waals surface area contributed by atoms with Gasteiger partial charge >= 0.3 is 0 Å². The van der Waals surface area contributed by atoms with Crippen molar-refractivity contribution < 1.29 is 9.26 Å². The van der Waals surface area contributed by atoms with Gasteiger partial charge in [0.1, 0.15) is 5.75 Å². The van der Waals surface area contributed by atoms with Crippen molar-refractivity contribution in [1.82, 2.24) is 15.5 Å². The zero-order valence-electron chi connectivity index (χ0n) is 10.0. The molecule has 0 amide bonds. The average molecular weight is 312 g/mol. The Hall–Kier alpha value is -1.40. The molecule has 0 unspecified atom stereocenters. The minimum absolute atomic E-state index is 0.304. The summed E-state index contributed by atoms with van der Waals surface area (Å²) in [5.41, 5.74) is 1.16. The van der Waals surface area contributed by atoms with E-state index in [2.05, 4.69) is 42.8 Å². The van der Waals surface area contributed by atoms with Crippen molar-refractivity contribution in [1.29, 1.82) is 0 Å². The van der Waals surface area contributed by atoms with Gasteiger partial charge in [-0.25, -0.2) is 0 Å². The van der Waals surface area contributed by atoms with Crippen LogP contribution in [0.15, 0.2) is 33.6 Å². The first-order valence-corrected chi connectivity index (χ1v) is 6.46. The largest absolute Gasteiger partial charge is 0.485 e. The Balaban J connectivity index is 2.00. The lowest BCUT2D eigenvalue weighted by atomic mass is 10.2. The first-order valence-electron chi connectivity index (χ1n) is 5.66. The van der Waals surface area contributed by atoms with E-state index in [0.29, 0.717) is 12.4 Å². The highest BCUT2D eigenvalue weighted by Gasteiger charge is 2.04. The van der Waals surface area contributed by atoms with E-state index in [1.165, 1.54) is 6.39 Å². The van der Waals surface area contributed by atoms with E-state index in [0.717, 1.165) is 28.9 Å². The zero-order chi connectivity index (χ0) is 12.8. The van der Waals surface area contributed by atoms with Crippen LogP contribution in [-0.4, -0.2) is 16.7 Å². The molecule has 0 aliphatic heterocycles. The lowest BCUT2D eigenvalue weighted by molar-refractivity contribution is 0.286. The van der Waals surface area contributed by atoms with Crippen LogP contribution in [0.2, 0.25) is 0 Å². The van der Waals surface area contributed by atoms with E-state index in [1.807, 2.05) is 18.2 Å². The van der Waals surface area contributed by atoms with Crippen molar-refractivity contribution in [2.75, 3.05) is 6.54 Å². The van der Waals surface area contributed by atoms with Crippen LogP contribution >= 0.6 is 15.9 Å². The number of aromatic nitrogens is 2. The number of rotatable bonds is 6. The van der Waals surface area contributed by atoms with Crippen LogP contribution in [-0.2, 0) is 13.2 Å². The third kappa shape index (κ3) is 3.54. The molecule has 0 fully saturated rings. The summed E-state index contributed by atoms with van der Waals surface area (Å²) in [6.07, 6.45) is 1.29. The predicted octanol–water partition coefficient (Wildman–Crippen LogP) is 2.52. The number of ether oxygens (including phenoxy) is 1. The van der Waals surface area contributed by atoms with Crippen molar-refractivity contribution >= 4 is 15.9 Å². The fraction of sp³-hybridized carbons (Fsp3) is 0.333. The van der Waals surface area contributed by atoms with E-state index in [-0.39, 0.29) is 0 Å². The van der Waals surface area contributed by atoms with Crippen LogP contribution in [0.1, 0.15) is 18.3 Å². The molecule has 1 heterocycles. The maximum absolute atomic E-state index is 5.59. The van der Waals surface area contributed by atoms with Gasteiger partial charge in [0.15, 0.2) is 6.61 Å². The molecule has 0 saturated heterocycles. The molecule has 0 saturated carbocycles. The van der Waals surface area contributed by atoms with E-state index in [4.69, 9.17) is 4.74 Å². The number of hydrogen-bond donors (Lipinski definition) is 1. The van der Waals surface area contributed by atoms with Crippen LogP contribution in [0.25, 0.3) is 0 Å². The molecule has 0 aliphatic rings. The van der Waals surface area contributed by atoms with Gasteiger partial charge < -0.3 is 14.6 Å². The molecule has 0 atom stereocenters. The SMILES string of the molecule is CCNCc1cc(OCc2ncon2)ccc1Br. The van der Waals surface area contributed by atoms with Crippen molar-refractivity contribution in [2.24, 2.45) is 0 Å². The number of halogens is 1. The summed E-state index contributed by atoms with van der Waals surface area (Å²) >= 11 is 3.52. The molecule has 1 N–H and O–H groups in total. The number of benzene rings is 1. The Kier molecular flexibility index (Phi) is 4.72. The molecule has 18 heavy (non-hydrogen) atoms. The second-order valence-corrected chi connectivity index (χ2v) is 4.52. The van der Waals surface area contributed by atoms with Gasteiger partial charge in [-0.05, 0) is 30.3 Å². The van der Waals surface area contributed by atoms with Gasteiger partial charge in [0, 0.05) is 11.0 Å². The van der Waals surface area contributed by atoms with E-state index in [1.54, 1.807) is 0 Å². The molecule has 0 aliphatic carbocycles. The second kappa shape index (κ2) is 6.51. The van der Waals surface area contributed by atoms with Crippen LogP contribution in [0.4, 0.5) is 0 Å². The third-order valence-corrected chi connectivity index (χ3v) is 3.13. The van der Waals surface area contributed by atoms with Gasteiger partial charge in [0.05, 0.1) is 0 Å². The van der Waals surface area contributed by atoms with Gasteiger partial charge in [0.2, 0.25) is 12.2 Å². The Labute approximate surface area is 114 Å². The molecule has 1 aromatic carbocycles. The Morgan fingerprint density at radius 3 is 3.06 bits per heavy atom. The van der Waals surface area contributed by atoms with Crippen LogP contribution < -0.4 is 10.1 Å². The normalized spacial score (nSPS) is 10.6. The van der Waals surface area contributed by atoms with Crippen molar-refractivity contribution in [3.8, 4) is 5.75 Å². The van der Waals surface area contributed by atoms with E-state index in [9.17, 15) is 0 Å². The topological polar surface area (TPSA) is 60.2 Å². The highest BCUT2D eigenvalue weighted by molar-refractivity contribution is 9.10. The smallest absolute Gasteiger partial charge is 0.213 e. The molecule has 5 nitrogen and oxygen atoms in total. The fourth-order valence-electron chi connectivity index (χ4n) is 1.44. The number of nitrogens with zero attached hydrogens (tertiary/aromatic N) is 2. The maximum Gasteiger partial charge on any atom is 0.213 e. The monoisotopic (exact) mass is 311 g/mol. The minimum Gasteiger partial charge on any atom is -0.485 e. The van der Waals surface area contributed by atoms with Gasteiger partial charge in [-0.3, -0.25) is 0 Å². The predicted molar refractivity (Wildman–Crippen MR) is 70.2 cm³/mol. The Morgan fingerprint density at radius 2 is 2.33 bits per heavy atom. The molecular weight excluding hydrogens is 298 g/mol. The first kappa shape index (κ1) is 13.0. The van der Waals surface area contributed by atoms with Crippen molar-refractivity contribution in [3.63, 3.8) is 0 Å². The summed E-state index contributed by atoms with van der Waals surface area (Å²) in [4.78, 5) is 3.90. The molecule has 2 rings (SSSR count). The Bertz CT molecular complexity index is 488. The highest BCUT2D eigenvalue weighted by atomic mass is 79.9. The fourth-order valence-corrected chi connectivity index (χ4v) is 1.83.